The number of sulfonamides is 1. The van der Waals surface area contributed by atoms with Crippen LogP contribution in [0, 0.1) is 13.8 Å². The molecule has 2 aromatic rings. The summed E-state index contributed by atoms with van der Waals surface area (Å²) in [5.41, 5.74) is 9.27. The maximum absolute atomic E-state index is 12.2. The van der Waals surface area contributed by atoms with E-state index in [4.69, 9.17) is 5.73 Å². The van der Waals surface area contributed by atoms with Crippen LogP contribution in [0.2, 0.25) is 0 Å². The van der Waals surface area contributed by atoms with Crippen LogP contribution in [0.15, 0.2) is 33.9 Å². The van der Waals surface area contributed by atoms with Gasteiger partial charge in [-0.2, -0.15) is 11.3 Å². The van der Waals surface area contributed by atoms with Crippen molar-refractivity contribution in [2.75, 3.05) is 12.3 Å². The van der Waals surface area contributed by atoms with E-state index in [2.05, 4.69) is 4.72 Å². The van der Waals surface area contributed by atoms with Gasteiger partial charge >= 0.3 is 0 Å². The van der Waals surface area contributed by atoms with Gasteiger partial charge in [-0.1, -0.05) is 0 Å². The minimum atomic E-state index is -3.50. The number of aryl methyl sites for hydroxylation is 1. The molecule has 1 aromatic carbocycles. The molecule has 0 aliphatic rings. The molecule has 0 saturated carbocycles. The maximum Gasteiger partial charge on any atom is 0.240 e. The van der Waals surface area contributed by atoms with Gasteiger partial charge in [-0.25, -0.2) is 13.1 Å². The molecule has 1 heterocycles. The normalized spacial score (nSPS) is 11.7. The van der Waals surface area contributed by atoms with E-state index in [1.807, 2.05) is 30.7 Å². The second-order valence-electron chi connectivity index (χ2n) is 4.73. The molecule has 2 rings (SSSR count). The lowest BCUT2D eigenvalue weighted by atomic mass is 10.1. The number of hydrogen-bond donors (Lipinski definition) is 2. The number of anilines is 1. The van der Waals surface area contributed by atoms with Gasteiger partial charge in [0.25, 0.3) is 0 Å². The molecule has 1 aromatic heterocycles. The first-order chi connectivity index (χ1) is 9.40. The quantitative estimate of drug-likeness (QED) is 0.833. The van der Waals surface area contributed by atoms with E-state index in [1.165, 1.54) is 6.07 Å². The zero-order valence-electron chi connectivity index (χ0n) is 11.5. The lowest BCUT2D eigenvalue weighted by Crippen LogP contribution is -2.26. The van der Waals surface area contributed by atoms with Crippen molar-refractivity contribution in [3.8, 4) is 0 Å². The molecule has 0 spiro atoms. The van der Waals surface area contributed by atoms with E-state index in [-0.39, 0.29) is 4.90 Å². The molecule has 0 saturated heterocycles. The van der Waals surface area contributed by atoms with E-state index in [0.29, 0.717) is 18.7 Å². The van der Waals surface area contributed by atoms with Crippen molar-refractivity contribution in [1.82, 2.24) is 4.72 Å². The largest absolute Gasteiger partial charge is 0.398 e. The highest BCUT2D eigenvalue weighted by Gasteiger charge is 2.15. The maximum atomic E-state index is 12.2. The molecule has 0 aliphatic heterocycles. The van der Waals surface area contributed by atoms with E-state index in [9.17, 15) is 8.42 Å². The number of rotatable bonds is 5. The Bertz CT molecular complexity index is 669. The Morgan fingerprint density at radius 1 is 1.30 bits per heavy atom. The van der Waals surface area contributed by atoms with Crippen LogP contribution in [0.1, 0.15) is 16.7 Å². The van der Waals surface area contributed by atoms with Crippen LogP contribution in [0.25, 0.3) is 0 Å². The van der Waals surface area contributed by atoms with Crippen LogP contribution in [0.5, 0.6) is 0 Å². The lowest BCUT2D eigenvalue weighted by molar-refractivity contribution is 0.581. The summed E-state index contributed by atoms with van der Waals surface area (Å²) in [4.78, 5) is 0.225. The minimum absolute atomic E-state index is 0.225. The molecule has 0 unspecified atom stereocenters. The molecule has 6 heteroatoms. The first-order valence-corrected chi connectivity index (χ1v) is 8.70. The van der Waals surface area contributed by atoms with Crippen molar-refractivity contribution in [1.29, 1.82) is 0 Å². The van der Waals surface area contributed by atoms with Crippen LogP contribution in [0.3, 0.4) is 0 Å². The standard InChI is InChI=1S/C14H18N2O2S2/c1-10-7-13(8-14(15)11(10)2)20(17,18)16-5-3-12-4-6-19-9-12/h4,6-9,16H,3,5,15H2,1-2H3. The highest BCUT2D eigenvalue weighted by molar-refractivity contribution is 7.89. The molecule has 20 heavy (non-hydrogen) atoms. The van der Waals surface area contributed by atoms with Crippen molar-refractivity contribution in [2.45, 2.75) is 25.2 Å². The third-order valence-electron chi connectivity index (χ3n) is 3.28. The van der Waals surface area contributed by atoms with Gasteiger partial charge in [0, 0.05) is 12.2 Å². The molecule has 0 fully saturated rings. The molecule has 0 aliphatic carbocycles. The van der Waals surface area contributed by atoms with Crippen molar-refractivity contribution in [3.63, 3.8) is 0 Å². The zero-order valence-corrected chi connectivity index (χ0v) is 13.1. The molecule has 4 nitrogen and oxygen atoms in total. The molecular formula is C14H18N2O2S2. The van der Waals surface area contributed by atoms with Gasteiger partial charge in [0.05, 0.1) is 4.90 Å². The average molecular weight is 310 g/mol. The van der Waals surface area contributed by atoms with Gasteiger partial charge in [-0.05, 0) is 65.9 Å². The van der Waals surface area contributed by atoms with Crippen LogP contribution in [-0.2, 0) is 16.4 Å². The Balaban J connectivity index is 2.10. The first kappa shape index (κ1) is 15.0. The molecular weight excluding hydrogens is 292 g/mol. The molecule has 0 atom stereocenters. The fourth-order valence-electron chi connectivity index (χ4n) is 1.86. The summed E-state index contributed by atoms with van der Waals surface area (Å²) >= 11 is 1.61. The van der Waals surface area contributed by atoms with Crippen molar-refractivity contribution in [2.24, 2.45) is 0 Å². The van der Waals surface area contributed by atoms with E-state index in [1.54, 1.807) is 17.4 Å². The van der Waals surface area contributed by atoms with Crippen molar-refractivity contribution < 1.29 is 8.42 Å². The Morgan fingerprint density at radius 2 is 2.05 bits per heavy atom. The predicted molar refractivity (Wildman–Crippen MR) is 83.5 cm³/mol. The number of nitrogen functional groups attached to an aromatic ring is 1. The second-order valence-corrected chi connectivity index (χ2v) is 7.28. The van der Waals surface area contributed by atoms with Gasteiger partial charge in [0.15, 0.2) is 0 Å². The number of nitrogens with one attached hydrogen (secondary N) is 1. The fourth-order valence-corrected chi connectivity index (χ4v) is 3.71. The summed E-state index contributed by atoms with van der Waals surface area (Å²) in [6.45, 7) is 4.12. The number of nitrogens with two attached hydrogens (primary N) is 1. The highest BCUT2D eigenvalue weighted by Crippen LogP contribution is 2.21. The SMILES string of the molecule is Cc1cc(S(=O)(=O)NCCc2ccsc2)cc(N)c1C. The monoisotopic (exact) mass is 310 g/mol. The lowest BCUT2D eigenvalue weighted by Gasteiger charge is -2.10. The smallest absolute Gasteiger partial charge is 0.240 e. The Labute approximate surface area is 123 Å². The molecule has 0 radical (unpaired) electrons. The van der Waals surface area contributed by atoms with Crippen LogP contribution in [0.4, 0.5) is 5.69 Å². The highest BCUT2D eigenvalue weighted by atomic mass is 32.2. The predicted octanol–water partition coefficient (Wildman–Crippen LogP) is 2.47. The summed E-state index contributed by atoms with van der Waals surface area (Å²) in [7, 11) is -3.50. The van der Waals surface area contributed by atoms with Gasteiger partial charge in [0.2, 0.25) is 10.0 Å². The zero-order chi connectivity index (χ0) is 14.8. The molecule has 3 N–H and O–H groups in total. The molecule has 0 bridgehead atoms. The Kier molecular flexibility index (Phi) is 4.47. The number of benzene rings is 1. The Hall–Kier alpha value is -1.37. The number of hydrogen-bond acceptors (Lipinski definition) is 4. The topological polar surface area (TPSA) is 72.2 Å². The van der Waals surface area contributed by atoms with E-state index in [0.717, 1.165) is 16.7 Å². The fraction of sp³-hybridized carbons (Fsp3) is 0.286. The van der Waals surface area contributed by atoms with Crippen molar-refractivity contribution >= 4 is 27.0 Å². The Morgan fingerprint density at radius 3 is 2.65 bits per heavy atom. The van der Waals surface area contributed by atoms with E-state index < -0.39 is 10.0 Å². The summed E-state index contributed by atoms with van der Waals surface area (Å²) in [5.74, 6) is 0. The van der Waals surface area contributed by atoms with Gasteiger partial charge in [-0.3, -0.25) is 0 Å². The van der Waals surface area contributed by atoms with Crippen LogP contribution < -0.4 is 10.5 Å². The van der Waals surface area contributed by atoms with Gasteiger partial charge in [-0.15, -0.1) is 0 Å². The minimum Gasteiger partial charge on any atom is -0.398 e. The van der Waals surface area contributed by atoms with Crippen molar-refractivity contribution in [3.05, 3.63) is 45.6 Å². The second kappa shape index (κ2) is 5.95. The summed E-state index contributed by atoms with van der Waals surface area (Å²) in [6, 6.07) is 5.15. The third kappa shape index (κ3) is 3.39. The average Bonchev–Trinajstić information content (AvgIpc) is 2.88. The first-order valence-electron chi connectivity index (χ1n) is 6.27. The third-order valence-corrected chi connectivity index (χ3v) is 5.45. The number of thiophene rings is 1. The molecule has 0 amide bonds. The van der Waals surface area contributed by atoms with Crippen LogP contribution >= 0.6 is 11.3 Å². The van der Waals surface area contributed by atoms with Gasteiger partial charge in [0.1, 0.15) is 0 Å². The van der Waals surface area contributed by atoms with Crippen LogP contribution in [-0.4, -0.2) is 15.0 Å². The summed E-state index contributed by atoms with van der Waals surface area (Å²) in [6.07, 6.45) is 0.684. The summed E-state index contributed by atoms with van der Waals surface area (Å²) in [5, 5.41) is 4.00. The summed E-state index contributed by atoms with van der Waals surface area (Å²) < 4.78 is 27.0. The molecule has 108 valence electrons. The van der Waals surface area contributed by atoms with E-state index >= 15 is 0 Å². The van der Waals surface area contributed by atoms with Gasteiger partial charge < -0.3 is 5.73 Å².